The molecule has 1 N–H and O–H groups in total. The highest BCUT2D eigenvalue weighted by atomic mass is 16.1. The highest BCUT2D eigenvalue weighted by molar-refractivity contribution is 5.94. The Morgan fingerprint density at radius 3 is 2.10 bits per heavy atom. The van der Waals surface area contributed by atoms with Gasteiger partial charge in [-0.05, 0) is 48.2 Å². The summed E-state index contributed by atoms with van der Waals surface area (Å²) in [5.74, 6) is 0.424. The van der Waals surface area contributed by atoms with Gasteiger partial charge in [-0.1, -0.05) is 26.0 Å². The minimum atomic E-state index is -0.0513. The summed E-state index contributed by atoms with van der Waals surface area (Å²) in [5.41, 5.74) is 2.98. The van der Waals surface area contributed by atoms with Gasteiger partial charge in [0.15, 0.2) is 0 Å². The van der Waals surface area contributed by atoms with Crippen LogP contribution in [0.4, 0.5) is 0 Å². The molecule has 0 fully saturated rings. The largest absolute Gasteiger partial charge is 0.346 e. The van der Waals surface area contributed by atoms with Crippen molar-refractivity contribution >= 4 is 5.91 Å². The van der Waals surface area contributed by atoms with E-state index in [4.69, 9.17) is 0 Å². The first-order valence-corrected chi connectivity index (χ1v) is 6.88. The summed E-state index contributed by atoms with van der Waals surface area (Å²) in [6.07, 6.45) is 3.46. The van der Waals surface area contributed by atoms with Crippen LogP contribution in [0.3, 0.4) is 0 Å². The lowest BCUT2D eigenvalue weighted by atomic mass is 10.0. The van der Waals surface area contributed by atoms with Crippen LogP contribution >= 0.6 is 0 Å². The van der Waals surface area contributed by atoms with E-state index in [-0.39, 0.29) is 11.9 Å². The predicted octanol–water partition coefficient (Wildman–Crippen LogP) is 3.70. The lowest BCUT2D eigenvalue weighted by Gasteiger charge is -2.14. The molecule has 0 aliphatic carbocycles. The molecule has 20 heavy (non-hydrogen) atoms. The Kier molecular flexibility index (Phi) is 4.51. The third kappa shape index (κ3) is 3.44. The smallest absolute Gasteiger partial charge is 0.251 e. The maximum atomic E-state index is 12.2. The molecular formula is C17H20N2O. The first-order valence-electron chi connectivity index (χ1n) is 6.88. The van der Waals surface area contributed by atoms with Crippen LogP contribution in [-0.4, -0.2) is 10.9 Å². The van der Waals surface area contributed by atoms with Crippen molar-refractivity contribution in [2.75, 3.05) is 0 Å². The summed E-state index contributed by atoms with van der Waals surface area (Å²) < 4.78 is 0. The van der Waals surface area contributed by atoms with E-state index in [0.717, 1.165) is 5.56 Å². The van der Waals surface area contributed by atoms with Gasteiger partial charge in [-0.2, -0.15) is 0 Å². The molecule has 0 aliphatic heterocycles. The topological polar surface area (TPSA) is 42.0 Å². The minimum absolute atomic E-state index is 0.0322. The Labute approximate surface area is 120 Å². The third-order valence-electron chi connectivity index (χ3n) is 3.39. The Balaban J connectivity index is 2.05. The van der Waals surface area contributed by atoms with E-state index in [9.17, 15) is 4.79 Å². The molecule has 3 heteroatoms. The van der Waals surface area contributed by atoms with E-state index in [0.29, 0.717) is 11.5 Å². The molecule has 0 saturated heterocycles. The number of carbonyl (C=O) groups excluding carboxylic acids is 1. The number of amides is 1. The molecule has 2 rings (SSSR count). The van der Waals surface area contributed by atoms with Crippen LogP contribution in [-0.2, 0) is 0 Å². The van der Waals surface area contributed by atoms with Gasteiger partial charge in [0.05, 0.1) is 6.04 Å². The fourth-order valence-electron chi connectivity index (χ4n) is 2.03. The summed E-state index contributed by atoms with van der Waals surface area (Å²) in [6, 6.07) is 11.6. The standard InChI is InChI=1S/C17H20N2O/c1-12(2)14-4-6-16(7-5-14)17(20)19-13(3)15-8-10-18-11-9-15/h4-13H,1-3H3,(H,19,20)/t13-/m0/s1. The van der Waals surface area contributed by atoms with Crippen LogP contribution in [0.15, 0.2) is 48.8 Å². The lowest BCUT2D eigenvalue weighted by molar-refractivity contribution is 0.0940. The second-order valence-electron chi connectivity index (χ2n) is 5.25. The Morgan fingerprint density at radius 2 is 1.55 bits per heavy atom. The normalized spacial score (nSPS) is 12.2. The van der Waals surface area contributed by atoms with E-state index < -0.39 is 0 Å². The van der Waals surface area contributed by atoms with Crippen LogP contribution in [0, 0.1) is 0 Å². The van der Waals surface area contributed by atoms with E-state index in [2.05, 4.69) is 24.1 Å². The van der Waals surface area contributed by atoms with Crippen LogP contribution in [0.2, 0.25) is 0 Å². The minimum Gasteiger partial charge on any atom is -0.346 e. The number of aromatic nitrogens is 1. The first kappa shape index (κ1) is 14.3. The van der Waals surface area contributed by atoms with Crippen LogP contribution in [0.5, 0.6) is 0 Å². The third-order valence-corrected chi connectivity index (χ3v) is 3.39. The highest BCUT2D eigenvalue weighted by Crippen LogP contribution is 2.16. The average Bonchev–Trinajstić information content (AvgIpc) is 2.48. The van der Waals surface area contributed by atoms with Crippen molar-refractivity contribution in [1.82, 2.24) is 10.3 Å². The molecule has 0 radical (unpaired) electrons. The van der Waals surface area contributed by atoms with Crippen molar-refractivity contribution in [3.8, 4) is 0 Å². The summed E-state index contributed by atoms with van der Waals surface area (Å²) in [5, 5.41) is 2.99. The zero-order valence-corrected chi connectivity index (χ0v) is 12.1. The van der Waals surface area contributed by atoms with E-state index in [1.165, 1.54) is 5.56 Å². The van der Waals surface area contributed by atoms with Gasteiger partial charge in [0, 0.05) is 18.0 Å². The van der Waals surface area contributed by atoms with E-state index >= 15 is 0 Å². The van der Waals surface area contributed by atoms with Crippen molar-refractivity contribution in [1.29, 1.82) is 0 Å². The quantitative estimate of drug-likeness (QED) is 0.918. The lowest BCUT2D eigenvalue weighted by Crippen LogP contribution is -2.26. The predicted molar refractivity (Wildman–Crippen MR) is 80.6 cm³/mol. The maximum absolute atomic E-state index is 12.2. The molecule has 1 atom stereocenters. The molecule has 104 valence electrons. The SMILES string of the molecule is CC(C)c1ccc(C(=O)N[C@@H](C)c2ccncc2)cc1. The van der Waals surface area contributed by atoms with Gasteiger partial charge >= 0.3 is 0 Å². The first-order chi connectivity index (χ1) is 9.58. The molecule has 0 saturated carbocycles. The molecule has 2 aromatic rings. The number of nitrogens with zero attached hydrogens (tertiary/aromatic N) is 1. The molecule has 1 aromatic heterocycles. The molecule has 0 spiro atoms. The van der Waals surface area contributed by atoms with Crippen LogP contribution in [0.1, 0.15) is 54.2 Å². The zero-order chi connectivity index (χ0) is 14.5. The van der Waals surface area contributed by atoms with Gasteiger partial charge in [-0.3, -0.25) is 9.78 Å². The van der Waals surface area contributed by atoms with Crippen molar-refractivity contribution in [3.05, 3.63) is 65.5 Å². The Bertz CT molecular complexity index is 561. The number of hydrogen-bond donors (Lipinski definition) is 1. The number of hydrogen-bond acceptors (Lipinski definition) is 2. The molecule has 1 amide bonds. The van der Waals surface area contributed by atoms with E-state index in [1.54, 1.807) is 12.4 Å². The van der Waals surface area contributed by atoms with Crippen molar-refractivity contribution < 1.29 is 4.79 Å². The molecular weight excluding hydrogens is 248 g/mol. The number of benzene rings is 1. The van der Waals surface area contributed by atoms with Crippen LogP contribution < -0.4 is 5.32 Å². The summed E-state index contributed by atoms with van der Waals surface area (Å²) in [4.78, 5) is 16.2. The zero-order valence-electron chi connectivity index (χ0n) is 12.1. The maximum Gasteiger partial charge on any atom is 0.251 e. The average molecular weight is 268 g/mol. The van der Waals surface area contributed by atoms with Gasteiger partial charge in [0.1, 0.15) is 0 Å². The monoisotopic (exact) mass is 268 g/mol. The number of rotatable bonds is 4. The summed E-state index contributed by atoms with van der Waals surface area (Å²) in [6.45, 7) is 6.25. The molecule has 3 nitrogen and oxygen atoms in total. The molecule has 1 heterocycles. The fourth-order valence-corrected chi connectivity index (χ4v) is 2.03. The van der Waals surface area contributed by atoms with Crippen molar-refractivity contribution in [2.45, 2.75) is 32.7 Å². The summed E-state index contributed by atoms with van der Waals surface area (Å²) >= 11 is 0. The van der Waals surface area contributed by atoms with Gasteiger partial charge in [0.25, 0.3) is 5.91 Å². The van der Waals surface area contributed by atoms with Gasteiger partial charge in [-0.15, -0.1) is 0 Å². The highest BCUT2D eigenvalue weighted by Gasteiger charge is 2.11. The van der Waals surface area contributed by atoms with Crippen molar-refractivity contribution in [2.24, 2.45) is 0 Å². The van der Waals surface area contributed by atoms with Crippen LogP contribution in [0.25, 0.3) is 0 Å². The van der Waals surface area contributed by atoms with Gasteiger partial charge < -0.3 is 5.32 Å². The van der Waals surface area contributed by atoms with Crippen molar-refractivity contribution in [3.63, 3.8) is 0 Å². The number of pyridine rings is 1. The Morgan fingerprint density at radius 1 is 0.950 bits per heavy atom. The second kappa shape index (κ2) is 6.33. The Hall–Kier alpha value is -2.16. The second-order valence-corrected chi connectivity index (χ2v) is 5.25. The number of nitrogens with one attached hydrogen (secondary N) is 1. The summed E-state index contributed by atoms with van der Waals surface area (Å²) in [7, 11) is 0. The molecule has 0 unspecified atom stereocenters. The molecule has 1 aromatic carbocycles. The van der Waals surface area contributed by atoms with Gasteiger partial charge in [-0.25, -0.2) is 0 Å². The fraction of sp³-hybridized carbons (Fsp3) is 0.294. The molecule has 0 bridgehead atoms. The van der Waals surface area contributed by atoms with E-state index in [1.807, 2.05) is 43.3 Å². The number of carbonyl (C=O) groups is 1. The van der Waals surface area contributed by atoms with Gasteiger partial charge in [0.2, 0.25) is 0 Å². The molecule has 0 aliphatic rings.